The standard InChI is InChI=1S/C16H13F3N4O4/c1-21-13-12(14(25)22(2)15(21)26)23(8-20-13)7-11(24)27-10-5-3-4-9(6-10)16(17,18)19/h3-6,8H,7H2,1-2H3. The third kappa shape index (κ3) is 3.35. The molecule has 2 heterocycles. The van der Waals surface area contributed by atoms with Crippen LogP contribution < -0.4 is 16.0 Å². The molecular formula is C16H13F3N4O4. The van der Waals surface area contributed by atoms with Crippen molar-refractivity contribution in [3.05, 3.63) is 57.0 Å². The Labute approximate surface area is 149 Å². The minimum Gasteiger partial charge on any atom is -0.425 e. The number of aromatic nitrogens is 4. The second-order valence-corrected chi connectivity index (χ2v) is 5.75. The van der Waals surface area contributed by atoms with Gasteiger partial charge in [0.05, 0.1) is 11.9 Å². The Morgan fingerprint density at radius 1 is 1.19 bits per heavy atom. The molecule has 0 amide bonds. The van der Waals surface area contributed by atoms with Crippen molar-refractivity contribution in [2.75, 3.05) is 0 Å². The first-order valence-corrected chi connectivity index (χ1v) is 7.58. The van der Waals surface area contributed by atoms with Crippen LogP contribution in [0.15, 0.2) is 40.2 Å². The molecule has 0 atom stereocenters. The van der Waals surface area contributed by atoms with Gasteiger partial charge in [-0.25, -0.2) is 14.6 Å². The molecule has 0 aliphatic carbocycles. The van der Waals surface area contributed by atoms with E-state index >= 15 is 0 Å². The summed E-state index contributed by atoms with van der Waals surface area (Å²) in [6.07, 6.45) is -3.39. The predicted octanol–water partition coefficient (Wildman–Crippen LogP) is 1.06. The SMILES string of the molecule is Cn1c(=O)c2c(ncn2CC(=O)Oc2cccc(C(F)(F)F)c2)n(C)c1=O. The van der Waals surface area contributed by atoms with Gasteiger partial charge in [-0.3, -0.25) is 13.9 Å². The molecule has 0 unspecified atom stereocenters. The van der Waals surface area contributed by atoms with Gasteiger partial charge in [-0.15, -0.1) is 0 Å². The van der Waals surface area contributed by atoms with Crippen LogP contribution in [0.25, 0.3) is 11.2 Å². The average molecular weight is 382 g/mol. The van der Waals surface area contributed by atoms with Crippen molar-refractivity contribution in [3.63, 3.8) is 0 Å². The number of carbonyl (C=O) groups is 1. The normalized spacial score (nSPS) is 11.7. The van der Waals surface area contributed by atoms with Crippen LogP contribution in [0.2, 0.25) is 0 Å². The number of halogens is 3. The number of alkyl halides is 3. The van der Waals surface area contributed by atoms with Gasteiger partial charge in [-0.1, -0.05) is 6.07 Å². The summed E-state index contributed by atoms with van der Waals surface area (Å²) < 4.78 is 46.3. The van der Waals surface area contributed by atoms with Crippen molar-refractivity contribution < 1.29 is 22.7 Å². The summed E-state index contributed by atoms with van der Waals surface area (Å²) >= 11 is 0. The predicted molar refractivity (Wildman–Crippen MR) is 87.3 cm³/mol. The van der Waals surface area contributed by atoms with Crippen LogP contribution in [0, 0.1) is 0 Å². The Morgan fingerprint density at radius 3 is 2.56 bits per heavy atom. The van der Waals surface area contributed by atoms with E-state index in [4.69, 9.17) is 4.74 Å². The van der Waals surface area contributed by atoms with E-state index in [1.54, 1.807) is 0 Å². The molecule has 0 fully saturated rings. The van der Waals surface area contributed by atoms with Gasteiger partial charge in [0, 0.05) is 14.1 Å². The average Bonchev–Trinajstić information content (AvgIpc) is 3.01. The lowest BCUT2D eigenvalue weighted by molar-refractivity contribution is -0.139. The van der Waals surface area contributed by atoms with E-state index in [1.165, 1.54) is 31.1 Å². The van der Waals surface area contributed by atoms with Crippen molar-refractivity contribution in [3.8, 4) is 5.75 Å². The van der Waals surface area contributed by atoms with Gasteiger partial charge in [0.2, 0.25) is 0 Å². The number of aryl methyl sites for hydroxylation is 1. The lowest BCUT2D eigenvalue weighted by atomic mass is 10.2. The van der Waals surface area contributed by atoms with Crippen LogP contribution in [0.5, 0.6) is 5.75 Å². The summed E-state index contributed by atoms with van der Waals surface area (Å²) in [7, 11) is 2.70. The fraction of sp³-hybridized carbons (Fsp3) is 0.250. The maximum absolute atomic E-state index is 12.7. The molecule has 142 valence electrons. The summed E-state index contributed by atoms with van der Waals surface area (Å²) in [5.41, 5.74) is -2.11. The van der Waals surface area contributed by atoms with Crippen molar-refractivity contribution in [1.82, 2.24) is 18.7 Å². The number of benzene rings is 1. The molecule has 3 aromatic rings. The summed E-state index contributed by atoms with van der Waals surface area (Å²) in [5, 5.41) is 0. The van der Waals surface area contributed by atoms with E-state index in [2.05, 4.69) is 4.98 Å². The summed E-state index contributed by atoms with van der Waals surface area (Å²) in [6, 6.07) is 3.88. The van der Waals surface area contributed by atoms with E-state index in [9.17, 15) is 27.6 Å². The largest absolute Gasteiger partial charge is 0.425 e. The van der Waals surface area contributed by atoms with Crippen molar-refractivity contribution >= 4 is 17.1 Å². The second kappa shape index (κ2) is 6.41. The van der Waals surface area contributed by atoms with Gasteiger partial charge < -0.3 is 9.30 Å². The van der Waals surface area contributed by atoms with E-state index in [-0.39, 0.29) is 16.9 Å². The summed E-state index contributed by atoms with van der Waals surface area (Å²) in [5.74, 6) is -1.18. The maximum atomic E-state index is 12.7. The highest BCUT2D eigenvalue weighted by molar-refractivity contribution is 5.76. The van der Waals surface area contributed by atoms with Crippen LogP contribution in [0.1, 0.15) is 5.56 Å². The number of imidazole rings is 1. The van der Waals surface area contributed by atoms with Gasteiger partial charge in [-0.05, 0) is 18.2 Å². The highest BCUT2D eigenvalue weighted by Gasteiger charge is 2.30. The van der Waals surface area contributed by atoms with Crippen LogP contribution in [-0.2, 0) is 31.6 Å². The van der Waals surface area contributed by atoms with Crippen LogP contribution in [0.3, 0.4) is 0 Å². The highest BCUT2D eigenvalue weighted by Crippen LogP contribution is 2.31. The van der Waals surface area contributed by atoms with E-state index in [0.717, 1.165) is 21.3 Å². The Bertz CT molecular complexity index is 1160. The molecule has 3 rings (SSSR count). The minimum atomic E-state index is -4.57. The van der Waals surface area contributed by atoms with Gasteiger partial charge in [0.1, 0.15) is 12.3 Å². The van der Waals surface area contributed by atoms with Gasteiger partial charge >= 0.3 is 17.8 Å². The molecule has 0 saturated heterocycles. The number of nitrogens with zero attached hydrogens (tertiary/aromatic N) is 4. The molecular weight excluding hydrogens is 369 g/mol. The molecule has 1 aromatic carbocycles. The topological polar surface area (TPSA) is 88.1 Å². The number of hydrogen-bond donors (Lipinski definition) is 0. The third-order valence-electron chi connectivity index (χ3n) is 3.91. The molecule has 0 aliphatic heterocycles. The van der Waals surface area contributed by atoms with Crippen molar-refractivity contribution in [2.45, 2.75) is 12.7 Å². The third-order valence-corrected chi connectivity index (χ3v) is 3.91. The highest BCUT2D eigenvalue weighted by atomic mass is 19.4. The van der Waals surface area contributed by atoms with E-state index < -0.39 is 35.5 Å². The molecule has 2 aromatic heterocycles. The fourth-order valence-corrected chi connectivity index (χ4v) is 2.56. The van der Waals surface area contributed by atoms with Crippen LogP contribution in [-0.4, -0.2) is 24.7 Å². The van der Waals surface area contributed by atoms with Gasteiger partial charge in [0.25, 0.3) is 5.56 Å². The number of carbonyl (C=O) groups excluding carboxylic acids is 1. The second-order valence-electron chi connectivity index (χ2n) is 5.75. The number of rotatable bonds is 3. The molecule has 0 saturated carbocycles. The first-order valence-electron chi connectivity index (χ1n) is 7.58. The molecule has 0 aliphatic rings. The van der Waals surface area contributed by atoms with E-state index in [1.807, 2.05) is 0 Å². The lowest BCUT2D eigenvalue weighted by Crippen LogP contribution is -2.37. The van der Waals surface area contributed by atoms with Crippen molar-refractivity contribution in [1.29, 1.82) is 0 Å². The molecule has 8 nitrogen and oxygen atoms in total. The Kier molecular flexibility index (Phi) is 4.38. The smallest absolute Gasteiger partial charge is 0.416 e. The zero-order chi connectivity index (χ0) is 19.9. The zero-order valence-corrected chi connectivity index (χ0v) is 14.1. The quantitative estimate of drug-likeness (QED) is 0.499. The Hall–Kier alpha value is -3.37. The molecule has 0 N–H and O–H groups in total. The van der Waals surface area contributed by atoms with Crippen LogP contribution in [0.4, 0.5) is 13.2 Å². The summed E-state index contributed by atoms with van der Waals surface area (Å²) in [4.78, 5) is 40.2. The molecule has 11 heteroatoms. The molecule has 0 bridgehead atoms. The number of ether oxygens (including phenoxy) is 1. The molecule has 0 spiro atoms. The number of fused-ring (bicyclic) bond motifs is 1. The first-order chi connectivity index (χ1) is 12.6. The van der Waals surface area contributed by atoms with Crippen molar-refractivity contribution in [2.24, 2.45) is 14.1 Å². The summed E-state index contributed by atoms with van der Waals surface area (Å²) in [6.45, 7) is -0.472. The van der Waals surface area contributed by atoms with Crippen LogP contribution >= 0.6 is 0 Å². The number of hydrogen-bond acceptors (Lipinski definition) is 5. The monoisotopic (exact) mass is 382 g/mol. The maximum Gasteiger partial charge on any atom is 0.416 e. The Morgan fingerprint density at radius 2 is 1.89 bits per heavy atom. The minimum absolute atomic E-state index is 0.000548. The van der Waals surface area contributed by atoms with Gasteiger partial charge in [-0.2, -0.15) is 13.2 Å². The molecule has 0 radical (unpaired) electrons. The van der Waals surface area contributed by atoms with Gasteiger partial charge in [0.15, 0.2) is 11.2 Å². The lowest BCUT2D eigenvalue weighted by Gasteiger charge is -2.10. The molecule has 27 heavy (non-hydrogen) atoms. The Balaban J connectivity index is 1.90. The number of esters is 1. The zero-order valence-electron chi connectivity index (χ0n) is 14.1. The first kappa shape index (κ1) is 18.4. The van der Waals surface area contributed by atoms with E-state index in [0.29, 0.717) is 6.07 Å². The fourth-order valence-electron chi connectivity index (χ4n) is 2.56.